The van der Waals surface area contributed by atoms with E-state index >= 15 is 0 Å². The van der Waals surface area contributed by atoms with Gasteiger partial charge < -0.3 is 4.98 Å². The molecule has 0 spiro atoms. The van der Waals surface area contributed by atoms with Crippen molar-refractivity contribution in [3.63, 3.8) is 0 Å². The Kier molecular flexibility index (Phi) is 2.09. The fraction of sp³-hybridized carbons (Fsp3) is 0.286. The van der Waals surface area contributed by atoms with Crippen LogP contribution in [0.2, 0.25) is 0 Å². The average molecular weight is 197 g/mol. The average Bonchev–Trinajstić information content (AvgIpc) is 2.74. The number of aromatic nitrogens is 1. The molecular weight excluding hydrogens is 182 g/mol. The van der Waals surface area contributed by atoms with Crippen molar-refractivity contribution in [1.82, 2.24) is 4.98 Å². The second-order valence-electron chi connectivity index (χ2n) is 4.26. The predicted molar refractivity (Wildman–Crippen MR) is 64.0 cm³/mol. The lowest BCUT2D eigenvalue weighted by Gasteiger charge is -2.15. The second kappa shape index (κ2) is 3.58. The van der Waals surface area contributed by atoms with E-state index in [1.54, 1.807) is 0 Å². The molecule has 0 saturated carbocycles. The number of H-pyrrole nitrogens is 1. The highest BCUT2D eigenvalue weighted by atomic mass is 14.7. The maximum atomic E-state index is 3.35. The van der Waals surface area contributed by atoms with Gasteiger partial charge in [0.15, 0.2) is 0 Å². The first-order valence-corrected chi connectivity index (χ1v) is 5.68. The molecule has 2 aromatic rings. The molecule has 1 aliphatic rings. The maximum Gasteiger partial charge on any atom is 0.0457 e. The van der Waals surface area contributed by atoms with Gasteiger partial charge in [0, 0.05) is 23.0 Å². The van der Waals surface area contributed by atoms with E-state index < -0.39 is 0 Å². The Hall–Kier alpha value is -1.50. The third kappa shape index (κ3) is 1.48. The molecule has 76 valence electrons. The predicted octanol–water partition coefficient (Wildman–Crippen LogP) is 3.99. The van der Waals surface area contributed by atoms with Crippen LogP contribution in [0.15, 0.2) is 42.6 Å². The van der Waals surface area contributed by atoms with Crippen molar-refractivity contribution >= 4 is 10.9 Å². The molecule has 1 atom stereocenters. The molecular formula is C14H15N. The molecule has 3 rings (SSSR count). The number of fused-ring (bicyclic) bond motifs is 1. The van der Waals surface area contributed by atoms with E-state index in [0.29, 0.717) is 5.92 Å². The van der Waals surface area contributed by atoms with E-state index in [-0.39, 0.29) is 0 Å². The molecule has 1 heteroatoms. The smallest absolute Gasteiger partial charge is 0.0457 e. The van der Waals surface area contributed by atoms with Gasteiger partial charge in [-0.3, -0.25) is 0 Å². The molecule has 0 aliphatic heterocycles. The van der Waals surface area contributed by atoms with Crippen LogP contribution < -0.4 is 0 Å². The van der Waals surface area contributed by atoms with Crippen molar-refractivity contribution in [2.75, 3.05) is 0 Å². The van der Waals surface area contributed by atoms with Crippen molar-refractivity contribution in [1.29, 1.82) is 0 Å². The molecule has 1 heterocycles. The van der Waals surface area contributed by atoms with Crippen molar-refractivity contribution in [3.05, 3.63) is 48.2 Å². The van der Waals surface area contributed by atoms with Gasteiger partial charge in [0.25, 0.3) is 0 Å². The first-order valence-electron chi connectivity index (χ1n) is 5.68. The molecule has 0 saturated heterocycles. The number of aromatic amines is 1. The maximum absolute atomic E-state index is 3.35. The van der Waals surface area contributed by atoms with E-state index in [9.17, 15) is 0 Å². The summed E-state index contributed by atoms with van der Waals surface area (Å²) in [5.74, 6) is 0.620. The molecule has 1 aromatic heterocycles. The number of nitrogens with one attached hydrogen (secondary N) is 1. The van der Waals surface area contributed by atoms with Gasteiger partial charge in [-0.1, -0.05) is 30.4 Å². The summed E-state index contributed by atoms with van der Waals surface area (Å²) in [5, 5.41) is 1.38. The number of hydrogen-bond donors (Lipinski definition) is 1. The Morgan fingerprint density at radius 1 is 1.20 bits per heavy atom. The van der Waals surface area contributed by atoms with Crippen molar-refractivity contribution < 1.29 is 0 Å². The minimum Gasteiger partial charge on any atom is -0.361 e. The highest BCUT2D eigenvalue weighted by Gasteiger charge is 2.14. The molecule has 1 aromatic carbocycles. The summed E-state index contributed by atoms with van der Waals surface area (Å²) in [6.45, 7) is 0. The minimum absolute atomic E-state index is 0.620. The summed E-state index contributed by atoms with van der Waals surface area (Å²) in [6, 6.07) is 8.56. The molecule has 1 unspecified atom stereocenters. The number of para-hydroxylation sites is 1. The van der Waals surface area contributed by atoms with E-state index in [1.165, 1.54) is 35.7 Å². The molecule has 0 bridgehead atoms. The number of hydrogen-bond acceptors (Lipinski definition) is 0. The zero-order valence-electron chi connectivity index (χ0n) is 8.74. The summed E-state index contributed by atoms with van der Waals surface area (Å²) in [4.78, 5) is 3.35. The quantitative estimate of drug-likeness (QED) is 0.665. The van der Waals surface area contributed by atoms with Gasteiger partial charge in [0.2, 0.25) is 0 Å². The van der Waals surface area contributed by atoms with E-state index in [4.69, 9.17) is 0 Å². The SMILES string of the molecule is C1=CC(c2c[nH]c3ccccc23)CCC1. The summed E-state index contributed by atoms with van der Waals surface area (Å²) in [7, 11) is 0. The summed E-state index contributed by atoms with van der Waals surface area (Å²) < 4.78 is 0. The summed E-state index contributed by atoms with van der Waals surface area (Å²) in [6.07, 6.45) is 10.7. The lowest BCUT2D eigenvalue weighted by molar-refractivity contribution is 0.657. The minimum atomic E-state index is 0.620. The van der Waals surface area contributed by atoms with Crippen molar-refractivity contribution in [2.24, 2.45) is 0 Å². The molecule has 1 nitrogen and oxygen atoms in total. The Morgan fingerprint density at radius 3 is 3.00 bits per heavy atom. The zero-order chi connectivity index (χ0) is 10.1. The molecule has 15 heavy (non-hydrogen) atoms. The fourth-order valence-corrected chi connectivity index (χ4v) is 2.47. The molecule has 1 N–H and O–H groups in total. The van der Waals surface area contributed by atoms with E-state index in [2.05, 4.69) is 47.6 Å². The Balaban J connectivity index is 2.10. The molecule has 1 aliphatic carbocycles. The Morgan fingerprint density at radius 2 is 2.13 bits per heavy atom. The Labute approximate surface area is 89.8 Å². The number of allylic oxidation sites excluding steroid dienone is 2. The lowest BCUT2D eigenvalue weighted by atomic mass is 9.89. The van der Waals surface area contributed by atoms with Crippen molar-refractivity contribution in [3.8, 4) is 0 Å². The van der Waals surface area contributed by atoms with Gasteiger partial charge in [-0.25, -0.2) is 0 Å². The van der Waals surface area contributed by atoms with Gasteiger partial charge >= 0.3 is 0 Å². The van der Waals surface area contributed by atoms with Gasteiger partial charge in [0.1, 0.15) is 0 Å². The first-order chi connectivity index (χ1) is 7.45. The highest BCUT2D eigenvalue weighted by Crippen LogP contribution is 2.32. The monoisotopic (exact) mass is 197 g/mol. The van der Waals surface area contributed by atoms with Crippen LogP contribution in [-0.2, 0) is 0 Å². The van der Waals surface area contributed by atoms with Crippen LogP contribution in [0, 0.1) is 0 Å². The zero-order valence-corrected chi connectivity index (χ0v) is 8.74. The fourth-order valence-electron chi connectivity index (χ4n) is 2.47. The summed E-state index contributed by atoms with van der Waals surface area (Å²) in [5.41, 5.74) is 2.72. The van der Waals surface area contributed by atoms with Crippen LogP contribution in [0.3, 0.4) is 0 Å². The van der Waals surface area contributed by atoms with Crippen LogP contribution in [0.1, 0.15) is 30.7 Å². The molecule has 0 radical (unpaired) electrons. The standard InChI is InChI=1S/C14H15N/c1-2-6-11(7-3-1)13-10-15-14-9-5-4-8-12(13)14/h2,4-6,8-11,15H,1,3,7H2. The van der Waals surface area contributed by atoms with Crippen LogP contribution in [0.4, 0.5) is 0 Å². The van der Waals surface area contributed by atoms with Gasteiger partial charge in [-0.05, 0) is 30.9 Å². The lowest BCUT2D eigenvalue weighted by Crippen LogP contribution is -1.97. The normalized spacial score (nSPS) is 20.9. The van der Waals surface area contributed by atoms with Gasteiger partial charge in [-0.15, -0.1) is 0 Å². The van der Waals surface area contributed by atoms with Crippen molar-refractivity contribution in [2.45, 2.75) is 25.2 Å². The van der Waals surface area contributed by atoms with Crippen LogP contribution in [0.25, 0.3) is 10.9 Å². The largest absolute Gasteiger partial charge is 0.361 e. The topological polar surface area (TPSA) is 15.8 Å². The number of benzene rings is 1. The first kappa shape index (κ1) is 8.78. The summed E-state index contributed by atoms with van der Waals surface area (Å²) >= 11 is 0. The van der Waals surface area contributed by atoms with Gasteiger partial charge in [-0.2, -0.15) is 0 Å². The molecule has 0 amide bonds. The second-order valence-corrected chi connectivity index (χ2v) is 4.26. The highest BCUT2D eigenvalue weighted by molar-refractivity contribution is 5.83. The van der Waals surface area contributed by atoms with Crippen LogP contribution >= 0.6 is 0 Å². The van der Waals surface area contributed by atoms with Gasteiger partial charge in [0.05, 0.1) is 0 Å². The number of rotatable bonds is 1. The van der Waals surface area contributed by atoms with Crippen LogP contribution in [0.5, 0.6) is 0 Å². The third-order valence-electron chi connectivity index (χ3n) is 3.28. The van der Waals surface area contributed by atoms with Crippen LogP contribution in [-0.4, -0.2) is 4.98 Å². The van der Waals surface area contributed by atoms with E-state index in [0.717, 1.165) is 0 Å². The van der Waals surface area contributed by atoms with E-state index in [1.807, 2.05) is 0 Å². The third-order valence-corrected chi connectivity index (χ3v) is 3.28. The Bertz CT molecular complexity index is 493. The molecule has 0 fully saturated rings.